The monoisotopic (exact) mass is 410 g/mol. The molecule has 27 heavy (non-hydrogen) atoms. The predicted molar refractivity (Wildman–Crippen MR) is 106 cm³/mol. The van der Waals surface area contributed by atoms with Gasteiger partial charge in [-0.3, -0.25) is 4.79 Å². The van der Waals surface area contributed by atoms with E-state index in [1.165, 1.54) is 18.2 Å². The van der Waals surface area contributed by atoms with Gasteiger partial charge in [0, 0.05) is 6.54 Å². The lowest BCUT2D eigenvalue weighted by Crippen LogP contribution is -2.47. The molecule has 0 unspecified atom stereocenters. The van der Waals surface area contributed by atoms with Crippen LogP contribution in [0.5, 0.6) is 5.75 Å². The Morgan fingerprint density at radius 2 is 1.85 bits per heavy atom. The van der Waals surface area contributed by atoms with Crippen molar-refractivity contribution < 1.29 is 17.9 Å². The fourth-order valence-corrected chi connectivity index (χ4v) is 4.03. The number of sulfonamides is 1. The first-order chi connectivity index (χ1) is 12.9. The third-order valence-electron chi connectivity index (χ3n) is 3.76. The lowest BCUT2D eigenvalue weighted by molar-refractivity contribution is -0.122. The SMILES string of the molecule is CCNC(=O)[C@@H](Cc1ccccc1)NS(=O)(=O)c1ccc(OCC)c(Cl)c1. The topological polar surface area (TPSA) is 84.5 Å². The minimum atomic E-state index is -3.95. The van der Waals surface area contributed by atoms with Gasteiger partial charge in [0.25, 0.3) is 0 Å². The second kappa shape index (κ2) is 9.73. The van der Waals surface area contributed by atoms with Crippen molar-refractivity contribution in [1.29, 1.82) is 0 Å². The van der Waals surface area contributed by atoms with Crippen LogP contribution in [0.15, 0.2) is 53.4 Å². The maximum atomic E-state index is 12.8. The van der Waals surface area contributed by atoms with Crippen LogP contribution >= 0.6 is 11.6 Å². The first kappa shape index (κ1) is 21.2. The van der Waals surface area contributed by atoms with Gasteiger partial charge in [-0.25, -0.2) is 8.42 Å². The van der Waals surface area contributed by atoms with E-state index in [0.29, 0.717) is 18.9 Å². The van der Waals surface area contributed by atoms with Crippen LogP contribution < -0.4 is 14.8 Å². The zero-order chi connectivity index (χ0) is 19.9. The van der Waals surface area contributed by atoms with E-state index in [9.17, 15) is 13.2 Å². The Morgan fingerprint density at radius 3 is 2.44 bits per heavy atom. The van der Waals surface area contributed by atoms with Gasteiger partial charge in [0.15, 0.2) is 0 Å². The first-order valence-corrected chi connectivity index (χ1v) is 10.5. The van der Waals surface area contributed by atoms with Crippen molar-refractivity contribution in [2.75, 3.05) is 13.2 Å². The maximum absolute atomic E-state index is 12.8. The summed E-state index contributed by atoms with van der Waals surface area (Å²) >= 11 is 6.10. The lowest BCUT2D eigenvalue weighted by atomic mass is 10.1. The van der Waals surface area contributed by atoms with Gasteiger partial charge in [-0.1, -0.05) is 41.9 Å². The normalized spacial score (nSPS) is 12.4. The highest BCUT2D eigenvalue weighted by atomic mass is 35.5. The molecule has 2 N–H and O–H groups in total. The highest BCUT2D eigenvalue weighted by Crippen LogP contribution is 2.27. The molecule has 0 spiro atoms. The Morgan fingerprint density at radius 1 is 1.15 bits per heavy atom. The summed E-state index contributed by atoms with van der Waals surface area (Å²) in [6.45, 7) is 4.41. The number of halogens is 1. The van der Waals surface area contributed by atoms with E-state index in [2.05, 4.69) is 10.0 Å². The zero-order valence-electron chi connectivity index (χ0n) is 15.2. The molecule has 0 fully saturated rings. The minimum absolute atomic E-state index is 0.0293. The molecule has 6 nitrogen and oxygen atoms in total. The molecule has 2 aromatic carbocycles. The molecular formula is C19H23ClN2O4S. The van der Waals surface area contributed by atoms with Crippen LogP contribution in [0.4, 0.5) is 0 Å². The molecule has 0 radical (unpaired) electrons. The largest absolute Gasteiger partial charge is 0.492 e. The molecule has 0 saturated heterocycles. The Labute approximate surface area is 164 Å². The second-order valence-corrected chi connectivity index (χ2v) is 7.90. The van der Waals surface area contributed by atoms with Crippen LogP contribution in [0.1, 0.15) is 19.4 Å². The minimum Gasteiger partial charge on any atom is -0.492 e. The van der Waals surface area contributed by atoms with Crippen LogP contribution in [-0.2, 0) is 21.2 Å². The number of carbonyl (C=O) groups is 1. The zero-order valence-corrected chi connectivity index (χ0v) is 16.8. The summed E-state index contributed by atoms with van der Waals surface area (Å²) in [4.78, 5) is 12.3. The number of benzene rings is 2. The Bertz CT molecular complexity index is 873. The molecule has 1 atom stereocenters. The van der Waals surface area contributed by atoms with Gasteiger partial charge >= 0.3 is 0 Å². The molecule has 0 aliphatic carbocycles. The number of amides is 1. The summed E-state index contributed by atoms with van der Waals surface area (Å²) in [5.41, 5.74) is 0.848. The van der Waals surface area contributed by atoms with E-state index < -0.39 is 16.1 Å². The van der Waals surface area contributed by atoms with Gasteiger partial charge in [0.1, 0.15) is 11.8 Å². The van der Waals surface area contributed by atoms with E-state index >= 15 is 0 Å². The predicted octanol–water partition coefficient (Wildman–Crippen LogP) is 2.76. The van der Waals surface area contributed by atoms with Crippen molar-refractivity contribution in [1.82, 2.24) is 10.0 Å². The van der Waals surface area contributed by atoms with Crippen molar-refractivity contribution in [3.8, 4) is 5.75 Å². The summed E-state index contributed by atoms with van der Waals surface area (Å²) in [7, 11) is -3.95. The van der Waals surface area contributed by atoms with Gasteiger partial charge in [0.2, 0.25) is 15.9 Å². The van der Waals surface area contributed by atoms with Gasteiger partial charge in [-0.05, 0) is 44.0 Å². The van der Waals surface area contributed by atoms with Crippen molar-refractivity contribution in [3.63, 3.8) is 0 Å². The summed E-state index contributed by atoms with van der Waals surface area (Å²) in [5, 5.41) is 2.86. The molecule has 2 rings (SSSR count). The molecule has 2 aromatic rings. The number of rotatable bonds is 9. The number of ether oxygens (including phenoxy) is 1. The summed E-state index contributed by atoms with van der Waals surface area (Å²) in [6.07, 6.45) is 0.233. The van der Waals surface area contributed by atoms with Crippen LogP contribution in [0.2, 0.25) is 5.02 Å². The number of hydrogen-bond donors (Lipinski definition) is 2. The molecule has 1 amide bonds. The highest BCUT2D eigenvalue weighted by molar-refractivity contribution is 7.89. The summed E-state index contributed by atoms with van der Waals surface area (Å²) in [5.74, 6) is 0.0182. The molecule has 0 aromatic heterocycles. The smallest absolute Gasteiger partial charge is 0.241 e. The van der Waals surface area contributed by atoms with Gasteiger partial charge in [0.05, 0.1) is 16.5 Å². The fraction of sp³-hybridized carbons (Fsp3) is 0.316. The van der Waals surface area contributed by atoms with Crippen molar-refractivity contribution in [2.24, 2.45) is 0 Å². The summed E-state index contributed by atoms with van der Waals surface area (Å²) < 4.78 is 33.4. The van der Waals surface area contributed by atoms with Crippen LogP contribution in [0, 0.1) is 0 Å². The molecule has 0 saturated carbocycles. The molecule has 0 aliphatic rings. The molecule has 0 aliphatic heterocycles. The van der Waals surface area contributed by atoms with E-state index in [4.69, 9.17) is 16.3 Å². The van der Waals surface area contributed by atoms with Crippen molar-refractivity contribution >= 4 is 27.5 Å². The van der Waals surface area contributed by atoms with E-state index in [1.54, 1.807) is 6.92 Å². The quantitative estimate of drug-likeness (QED) is 0.665. The fourth-order valence-electron chi connectivity index (χ4n) is 2.51. The molecule has 0 bridgehead atoms. The van der Waals surface area contributed by atoms with Gasteiger partial charge < -0.3 is 10.1 Å². The highest BCUT2D eigenvalue weighted by Gasteiger charge is 2.26. The average Bonchev–Trinajstić information content (AvgIpc) is 2.64. The molecule has 0 heterocycles. The van der Waals surface area contributed by atoms with E-state index in [1.807, 2.05) is 37.3 Å². The average molecular weight is 411 g/mol. The van der Waals surface area contributed by atoms with Crippen molar-refractivity contribution in [2.45, 2.75) is 31.2 Å². The Kier molecular flexibility index (Phi) is 7.65. The third-order valence-corrected chi connectivity index (χ3v) is 5.53. The third kappa shape index (κ3) is 5.95. The second-order valence-electron chi connectivity index (χ2n) is 5.78. The number of likely N-dealkylation sites (N-methyl/N-ethyl adjacent to an activating group) is 1. The number of hydrogen-bond acceptors (Lipinski definition) is 4. The Hall–Kier alpha value is -2.09. The van der Waals surface area contributed by atoms with E-state index in [-0.39, 0.29) is 22.2 Å². The van der Waals surface area contributed by atoms with Crippen LogP contribution in [0.25, 0.3) is 0 Å². The van der Waals surface area contributed by atoms with E-state index in [0.717, 1.165) is 5.56 Å². The standard InChI is InChI=1S/C19H23ClN2O4S/c1-3-21-19(23)17(12-14-8-6-5-7-9-14)22-27(24,25)15-10-11-18(26-4-2)16(20)13-15/h5-11,13,17,22H,3-4,12H2,1-2H3,(H,21,23)/t17-/m1/s1. The first-order valence-electron chi connectivity index (χ1n) is 8.63. The van der Waals surface area contributed by atoms with Gasteiger partial charge in [-0.15, -0.1) is 0 Å². The maximum Gasteiger partial charge on any atom is 0.241 e. The number of nitrogens with one attached hydrogen (secondary N) is 2. The molecule has 8 heteroatoms. The summed E-state index contributed by atoms with van der Waals surface area (Å²) in [6, 6.07) is 12.5. The Balaban J connectivity index is 2.26. The lowest BCUT2D eigenvalue weighted by Gasteiger charge is -2.18. The molecule has 146 valence electrons. The van der Waals surface area contributed by atoms with Crippen molar-refractivity contribution in [3.05, 3.63) is 59.1 Å². The van der Waals surface area contributed by atoms with Crippen LogP contribution in [-0.4, -0.2) is 33.5 Å². The van der Waals surface area contributed by atoms with Crippen LogP contribution in [0.3, 0.4) is 0 Å². The van der Waals surface area contributed by atoms with Gasteiger partial charge in [-0.2, -0.15) is 4.72 Å². The number of carbonyl (C=O) groups excluding carboxylic acids is 1. The molecular weight excluding hydrogens is 388 g/mol.